The van der Waals surface area contributed by atoms with Gasteiger partial charge in [0, 0.05) is 43.6 Å². The topological polar surface area (TPSA) is 92.6 Å². The minimum absolute atomic E-state index is 0.340. The van der Waals surface area contributed by atoms with Gasteiger partial charge in [-0.3, -0.25) is 15.0 Å². The average molecular weight is 478 g/mol. The van der Waals surface area contributed by atoms with Crippen molar-refractivity contribution in [2.75, 3.05) is 32.4 Å². The van der Waals surface area contributed by atoms with Crippen molar-refractivity contribution in [3.05, 3.63) is 74.1 Å². The molecule has 3 rings (SSSR count). The van der Waals surface area contributed by atoms with E-state index >= 15 is 0 Å². The van der Waals surface area contributed by atoms with Crippen LogP contribution in [0, 0.1) is 10.1 Å². The number of hydrogen-bond acceptors (Lipinski definition) is 9. The predicted molar refractivity (Wildman–Crippen MR) is 130 cm³/mol. The van der Waals surface area contributed by atoms with Crippen LogP contribution in [0.5, 0.6) is 0 Å². The molecule has 0 radical (unpaired) electrons. The SMILES string of the molecule is CNC(=C[N+](=O)[O-])NCCSCc1csc(CN2CCC(OCc3ccccc3)CC2)n1. The summed E-state index contributed by atoms with van der Waals surface area (Å²) in [5.74, 6) is 2.11. The number of thioether (sulfide) groups is 1. The van der Waals surface area contributed by atoms with Crippen molar-refractivity contribution in [1.82, 2.24) is 20.5 Å². The highest BCUT2D eigenvalue weighted by atomic mass is 32.2. The monoisotopic (exact) mass is 477 g/mol. The van der Waals surface area contributed by atoms with Gasteiger partial charge in [-0.15, -0.1) is 11.3 Å². The minimum Gasteiger partial charge on any atom is -0.373 e. The molecule has 0 atom stereocenters. The molecule has 0 aliphatic carbocycles. The predicted octanol–water partition coefficient (Wildman–Crippen LogP) is 3.44. The van der Waals surface area contributed by atoms with E-state index in [0.29, 0.717) is 25.1 Å². The number of nitro groups is 1. The molecule has 0 bridgehead atoms. The van der Waals surface area contributed by atoms with E-state index < -0.39 is 4.92 Å². The van der Waals surface area contributed by atoms with E-state index in [1.54, 1.807) is 30.1 Å². The second-order valence-corrected chi connectivity index (χ2v) is 9.61. The minimum atomic E-state index is -0.469. The number of likely N-dealkylation sites (tertiary alicyclic amines) is 1. The fourth-order valence-electron chi connectivity index (χ4n) is 3.44. The Morgan fingerprint density at radius 1 is 1.38 bits per heavy atom. The molecule has 8 nitrogen and oxygen atoms in total. The number of nitrogens with zero attached hydrogens (tertiary/aromatic N) is 3. The van der Waals surface area contributed by atoms with Gasteiger partial charge in [0.2, 0.25) is 0 Å². The Hall–Kier alpha value is -2.14. The van der Waals surface area contributed by atoms with E-state index in [9.17, 15) is 10.1 Å². The zero-order valence-corrected chi connectivity index (χ0v) is 20.0. The highest BCUT2D eigenvalue weighted by Crippen LogP contribution is 2.21. The number of thiazole rings is 1. The Labute approximate surface area is 197 Å². The zero-order chi connectivity index (χ0) is 22.6. The van der Waals surface area contributed by atoms with Crippen molar-refractivity contribution in [3.63, 3.8) is 0 Å². The van der Waals surface area contributed by atoms with Gasteiger partial charge in [-0.25, -0.2) is 4.98 Å². The highest BCUT2D eigenvalue weighted by molar-refractivity contribution is 7.98. The van der Waals surface area contributed by atoms with E-state index in [1.165, 1.54) is 5.56 Å². The molecular formula is C22H31N5O3S2. The lowest BCUT2D eigenvalue weighted by atomic mass is 10.1. The fourth-order valence-corrected chi connectivity index (χ4v) is 5.13. The number of piperidine rings is 1. The van der Waals surface area contributed by atoms with E-state index in [1.807, 2.05) is 6.07 Å². The van der Waals surface area contributed by atoms with Crippen molar-refractivity contribution >= 4 is 23.1 Å². The second kappa shape index (κ2) is 13.4. The van der Waals surface area contributed by atoms with Gasteiger partial charge in [-0.05, 0) is 18.4 Å². The number of nitrogens with one attached hydrogen (secondary N) is 2. The maximum absolute atomic E-state index is 10.5. The van der Waals surface area contributed by atoms with Gasteiger partial charge < -0.3 is 15.4 Å². The van der Waals surface area contributed by atoms with Crippen LogP contribution in [0.1, 0.15) is 29.1 Å². The Balaban J connectivity index is 1.29. The van der Waals surface area contributed by atoms with Crippen LogP contribution in [0.3, 0.4) is 0 Å². The van der Waals surface area contributed by atoms with E-state index in [4.69, 9.17) is 9.72 Å². The van der Waals surface area contributed by atoms with Crippen LogP contribution in [-0.4, -0.2) is 53.3 Å². The largest absolute Gasteiger partial charge is 0.373 e. The van der Waals surface area contributed by atoms with Crippen molar-refractivity contribution in [3.8, 4) is 0 Å². The second-order valence-electron chi connectivity index (χ2n) is 7.56. The summed E-state index contributed by atoms with van der Waals surface area (Å²) in [6, 6.07) is 10.3. The van der Waals surface area contributed by atoms with E-state index in [-0.39, 0.29) is 0 Å². The average Bonchev–Trinajstić information content (AvgIpc) is 3.25. The Morgan fingerprint density at radius 3 is 2.88 bits per heavy atom. The van der Waals surface area contributed by atoms with Gasteiger partial charge in [-0.2, -0.15) is 11.8 Å². The molecule has 1 aliphatic heterocycles. The first-order chi connectivity index (χ1) is 15.6. The third kappa shape index (κ3) is 8.78. The molecule has 32 heavy (non-hydrogen) atoms. The molecule has 0 saturated carbocycles. The molecule has 0 spiro atoms. The van der Waals surface area contributed by atoms with E-state index in [2.05, 4.69) is 45.2 Å². The number of hydrogen-bond donors (Lipinski definition) is 2. The van der Waals surface area contributed by atoms with Crippen LogP contribution in [0.25, 0.3) is 0 Å². The van der Waals surface area contributed by atoms with Crippen molar-refractivity contribution in [1.29, 1.82) is 0 Å². The maximum atomic E-state index is 10.5. The fraction of sp³-hybridized carbons (Fsp3) is 0.500. The first-order valence-electron chi connectivity index (χ1n) is 10.8. The summed E-state index contributed by atoms with van der Waals surface area (Å²) in [6.45, 7) is 4.33. The summed E-state index contributed by atoms with van der Waals surface area (Å²) in [5.41, 5.74) is 2.33. The summed E-state index contributed by atoms with van der Waals surface area (Å²) < 4.78 is 6.09. The van der Waals surface area contributed by atoms with Crippen molar-refractivity contribution in [2.24, 2.45) is 0 Å². The van der Waals surface area contributed by atoms with Gasteiger partial charge in [0.25, 0.3) is 6.20 Å². The summed E-state index contributed by atoms with van der Waals surface area (Å²) in [4.78, 5) is 17.3. The molecule has 1 saturated heterocycles. The number of ether oxygens (including phenoxy) is 1. The molecule has 0 unspecified atom stereocenters. The molecule has 1 aromatic carbocycles. The summed E-state index contributed by atoms with van der Waals surface area (Å²) in [7, 11) is 1.66. The smallest absolute Gasteiger partial charge is 0.274 e. The third-order valence-corrected chi connectivity index (χ3v) is 7.01. The zero-order valence-electron chi connectivity index (χ0n) is 18.4. The third-order valence-electron chi connectivity index (χ3n) is 5.14. The summed E-state index contributed by atoms with van der Waals surface area (Å²) in [5, 5.41) is 19.6. The highest BCUT2D eigenvalue weighted by Gasteiger charge is 2.20. The molecule has 1 fully saturated rings. The molecule has 0 amide bonds. The Kier molecular flexibility index (Phi) is 10.3. The van der Waals surface area contributed by atoms with Crippen LogP contribution >= 0.6 is 23.1 Å². The first-order valence-corrected chi connectivity index (χ1v) is 12.8. The van der Waals surface area contributed by atoms with Crippen molar-refractivity contribution < 1.29 is 9.66 Å². The lowest BCUT2D eigenvalue weighted by Crippen LogP contribution is -2.36. The Bertz CT molecular complexity index is 854. The van der Waals surface area contributed by atoms with E-state index in [0.717, 1.165) is 60.9 Å². The first kappa shape index (κ1) is 24.5. The molecule has 10 heteroatoms. The standard InChI is InChI=1S/C22H31N5O3S2/c1-23-21(13-27(28)29)24-9-12-31-16-19-17-32-22(25-19)14-26-10-7-20(8-11-26)30-15-18-5-3-2-4-6-18/h2-6,13,17,20,23-24H,7-12,14-16H2,1H3. The molecular weight excluding hydrogens is 446 g/mol. The van der Waals surface area contributed by atoms with Crippen LogP contribution in [-0.2, 0) is 23.6 Å². The van der Waals surface area contributed by atoms with Crippen molar-refractivity contribution in [2.45, 2.75) is 37.9 Å². The number of benzene rings is 1. The molecule has 1 aromatic heterocycles. The van der Waals surface area contributed by atoms with Gasteiger partial charge in [0.05, 0.1) is 29.9 Å². The summed E-state index contributed by atoms with van der Waals surface area (Å²) >= 11 is 3.49. The lowest BCUT2D eigenvalue weighted by molar-refractivity contribution is -0.404. The van der Waals surface area contributed by atoms with Crippen LogP contribution in [0.4, 0.5) is 0 Å². The molecule has 2 heterocycles. The molecule has 1 aliphatic rings. The number of rotatable bonds is 13. The van der Waals surface area contributed by atoms with Crippen LogP contribution in [0.2, 0.25) is 0 Å². The molecule has 174 valence electrons. The quantitative estimate of drug-likeness (QED) is 0.258. The van der Waals surface area contributed by atoms with Gasteiger partial charge >= 0.3 is 0 Å². The molecule has 2 N–H and O–H groups in total. The Morgan fingerprint density at radius 2 is 2.16 bits per heavy atom. The molecule has 2 aromatic rings. The normalized spacial score (nSPS) is 15.6. The van der Waals surface area contributed by atoms with Crippen LogP contribution < -0.4 is 10.6 Å². The van der Waals surface area contributed by atoms with Crippen LogP contribution in [0.15, 0.2) is 47.7 Å². The van der Waals surface area contributed by atoms with Gasteiger partial charge in [-0.1, -0.05) is 30.3 Å². The summed E-state index contributed by atoms with van der Waals surface area (Å²) in [6.07, 6.45) is 3.41. The van der Waals surface area contributed by atoms with Gasteiger partial charge in [0.1, 0.15) is 5.01 Å². The maximum Gasteiger partial charge on any atom is 0.274 e. The van der Waals surface area contributed by atoms with Gasteiger partial charge in [0.15, 0.2) is 5.82 Å². The number of aromatic nitrogens is 1. The lowest BCUT2D eigenvalue weighted by Gasteiger charge is -2.31.